The fraction of sp³-hybridized carbons (Fsp3) is 0.0667. The lowest BCUT2D eigenvalue weighted by Crippen LogP contribution is -2.03. The molecule has 21 heavy (non-hydrogen) atoms. The van der Waals surface area contributed by atoms with Gasteiger partial charge in [0.1, 0.15) is 0 Å². The maximum Gasteiger partial charge on any atom is 0.282 e. The summed E-state index contributed by atoms with van der Waals surface area (Å²) in [7, 11) is 0. The monoisotopic (exact) mass is 281 g/mol. The number of Topliss-reactive ketones (excluding diaryl/α,β-unsaturated/α-hetero) is 1. The highest BCUT2D eigenvalue weighted by atomic mass is 16.6. The summed E-state index contributed by atoms with van der Waals surface area (Å²) in [5.74, 6) is -0.335. The number of nitro benzene ring substituents is 1. The Kier molecular flexibility index (Phi) is 2.98. The Hall–Kier alpha value is -3.02. The first kappa shape index (κ1) is 13.0. The average Bonchev–Trinajstić information content (AvgIpc) is 2.90. The molecule has 0 spiro atoms. The number of fused-ring (bicyclic) bond motifs is 1. The quantitative estimate of drug-likeness (QED) is 0.419. The first-order valence-corrected chi connectivity index (χ1v) is 6.30. The van der Waals surface area contributed by atoms with E-state index in [1.807, 2.05) is 24.3 Å². The van der Waals surface area contributed by atoms with Crippen LogP contribution >= 0.6 is 0 Å². The number of hydrogen-bond donors (Lipinski definition) is 0. The van der Waals surface area contributed by atoms with Gasteiger partial charge >= 0.3 is 0 Å². The van der Waals surface area contributed by atoms with Crippen molar-refractivity contribution in [1.82, 2.24) is 9.78 Å². The molecule has 0 N–H and O–H groups in total. The second-order valence-corrected chi connectivity index (χ2v) is 4.63. The fourth-order valence-corrected chi connectivity index (χ4v) is 2.28. The van der Waals surface area contributed by atoms with Gasteiger partial charge in [-0.15, -0.1) is 0 Å². The van der Waals surface area contributed by atoms with Crippen molar-refractivity contribution >= 4 is 22.4 Å². The molecule has 0 aliphatic carbocycles. The Morgan fingerprint density at radius 3 is 2.71 bits per heavy atom. The van der Waals surface area contributed by atoms with Crippen LogP contribution in [0.15, 0.2) is 48.7 Å². The minimum Gasteiger partial charge on any atom is -0.294 e. The van der Waals surface area contributed by atoms with Gasteiger partial charge in [0.15, 0.2) is 5.78 Å². The van der Waals surface area contributed by atoms with Crippen molar-refractivity contribution in [1.29, 1.82) is 0 Å². The van der Waals surface area contributed by atoms with E-state index in [-0.39, 0.29) is 17.0 Å². The third kappa shape index (κ3) is 2.16. The van der Waals surface area contributed by atoms with Crippen molar-refractivity contribution in [3.8, 4) is 5.69 Å². The van der Waals surface area contributed by atoms with Crippen molar-refractivity contribution < 1.29 is 9.72 Å². The third-order valence-corrected chi connectivity index (χ3v) is 3.28. The van der Waals surface area contributed by atoms with Crippen LogP contribution < -0.4 is 0 Å². The van der Waals surface area contributed by atoms with E-state index >= 15 is 0 Å². The summed E-state index contributed by atoms with van der Waals surface area (Å²) in [5.41, 5.74) is 1.29. The number of ketones is 1. The molecule has 0 aliphatic rings. The van der Waals surface area contributed by atoms with Gasteiger partial charge in [0, 0.05) is 11.5 Å². The number of hydrogen-bond acceptors (Lipinski definition) is 4. The molecule has 0 atom stereocenters. The van der Waals surface area contributed by atoms with Crippen LogP contribution in [0.5, 0.6) is 0 Å². The molecule has 3 rings (SSSR count). The number of benzene rings is 2. The van der Waals surface area contributed by atoms with Gasteiger partial charge in [0.25, 0.3) is 5.69 Å². The standard InChI is InChI=1S/C15H11N3O3/c1-10(19)13-7-6-12(8-15(13)18(20)21)17-14-5-3-2-4-11(14)9-16-17/h2-9H,1H3. The Balaban J connectivity index is 2.22. The van der Waals surface area contributed by atoms with Crippen molar-refractivity contribution in [3.63, 3.8) is 0 Å². The van der Waals surface area contributed by atoms with Gasteiger partial charge in [-0.1, -0.05) is 18.2 Å². The molecule has 0 saturated carbocycles. The average molecular weight is 281 g/mol. The maximum atomic E-state index is 11.5. The summed E-state index contributed by atoms with van der Waals surface area (Å²) in [6, 6.07) is 12.1. The van der Waals surface area contributed by atoms with Crippen molar-refractivity contribution in [2.45, 2.75) is 6.92 Å². The second kappa shape index (κ2) is 4.82. The molecule has 6 nitrogen and oxygen atoms in total. The van der Waals surface area contributed by atoms with E-state index in [0.29, 0.717) is 5.69 Å². The molecule has 1 aromatic heterocycles. The topological polar surface area (TPSA) is 78.0 Å². The van der Waals surface area contributed by atoms with Crippen LogP contribution in [0.2, 0.25) is 0 Å². The number of rotatable bonds is 3. The normalized spacial score (nSPS) is 10.7. The van der Waals surface area contributed by atoms with Crippen LogP contribution in [0.4, 0.5) is 5.69 Å². The van der Waals surface area contributed by atoms with E-state index in [4.69, 9.17) is 0 Å². The van der Waals surface area contributed by atoms with Crippen LogP contribution in [0.3, 0.4) is 0 Å². The zero-order valence-corrected chi connectivity index (χ0v) is 11.2. The first-order valence-electron chi connectivity index (χ1n) is 6.30. The van der Waals surface area contributed by atoms with Gasteiger partial charge in [-0.3, -0.25) is 14.9 Å². The SMILES string of the molecule is CC(=O)c1ccc(-n2ncc3ccccc32)cc1[N+](=O)[O-]. The predicted octanol–water partition coefficient (Wildman–Crippen LogP) is 3.14. The number of para-hydroxylation sites is 1. The highest BCUT2D eigenvalue weighted by Gasteiger charge is 2.19. The van der Waals surface area contributed by atoms with E-state index in [1.54, 1.807) is 16.9 Å². The maximum absolute atomic E-state index is 11.5. The Labute approximate surface area is 119 Å². The molecule has 0 bridgehead atoms. The largest absolute Gasteiger partial charge is 0.294 e. The van der Waals surface area contributed by atoms with Gasteiger partial charge < -0.3 is 0 Å². The summed E-state index contributed by atoms with van der Waals surface area (Å²) < 4.78 is 1.62. The lowest BCUT2D eigenvalue weighted by atomic mass is 10.1. The predicted molar refractivity (Wildman–Crippen MR) is 77.7 cm³/mol. The van der Waals surface area contributed by atoms with E-state index < -0.39 is 4.92 Å². The number of aromatic nitrogens is 2. The molecule has 6 heteroatoms. The molecular weight excluding hydrogens is 270 g/mol. The summed E-state index contributed by atoms with van der Waals surface area (Å²) in [6.45, 7) is 1.31. The smallest absolute Gasteiger partial charge is 0.282 e. The summed E-state index contributed by atoms with van der Waals surface area (Å²) in [6.07, 6.45) is 1.69. The van der Waals surface area contributed by atoms with E-state index in [2.05, 4.69) is 5.10 Å². The Morgan fingerprint density at radius 2 is 2.00 bits per heavy atom. The highest BCUT2D eigenvalue weighted by Crippen LogP contribution is 2.25. The van der Waals surface area contributed by atoms with Crippen LogP contribution in [-0.2, 0) is 0 Å². The van der Waals surface area contributed by atoms with Crippen molar-refractivity contribution in [2.24, 2.45) is 0 Å². The van der Waals surface area contributed by atoms with Gasteiger partial charge in [-0.05, 0) is 25.1 Å². The van der Waals surface area contributed by atoms with Gasteiger partial charge in [-0.2, -0.15) is 5.10 Å². The van der Waals surface area contributed by atoms with Crippen LogP contribution in [0.1, 0.15) is 17.3 Å². The molecule has 1 heterocycles. The van der Waals surface area contributed by atoms with Crippen molar-refractivity contribution in [3.05, 3.63) is 64.3 Å². The van der Waals surface area contributed by atoms with Crippen molar-refractivity contribution in [2.75, 3.05) is 0 Å². The fourth-order valence-electron chi connectivity index (χ4n) is 2.28. The summed E-state index contributed by atoms with van der Waals surface area (Å²) in [4.78, 5) is 22.0. The molecule has 0 saturated heterocycles. The van der Waals surface area contributed by atoms with Crippen LogP contribution in [-0.4, -0.2) is 20.5 Å². The van der Waals surface area contributed by atoms with Gasteiger partial charge in [0.05, 0.1) is 27.9 Å². The lowest BCUT2D eigenvalue weighted by Gasteiger charge is -2.05. The van der Waals surface area contributed by atoms with Crippen LogP contribution in [0, 0.1) is 10.1 Å². The minimum absolute atomic E-state index is 0.0974. The summed E-state index contributed by atoms with van der Waals surface area (Å²) >= 11 is 0. The highest BCUT2D eigenvalue weighted by molar-refractivity contribution is 5.98. The zero-order valence-electron chi connectivity index (χ0n) is 11.2. The molecule has 0 amide bonds. The summed E-state index contributed by atoms with van der Waals surface area (Å²) in [5, 5.41) is 16.3. The molecular formula is C15H11N3O3. The molecule has 0 unspecified atom stereocenters. The van der Waals surface area contributed by atoms with E-state index in [0.717, 1.165) is 10.9 Å². The van der Waals surface area contributed by atoms with Gasteiger partial charge in [0.2, 0.25) is 0 Å². The molecule has 2 aromatic carbocycles. The number of carbonyl (C=O) groups is 1. The second-order valence-electron chi connectivity index (χ2n) is 4.63. The lowest BCUT2D eigenvalue weighted by molar-refractivity contribution is -0.385. The number of carbonyl (C=O) groups excluding carboxylic acids is 1. The number of nitro groups is 1. The molecule has 0 aliphatic heterocycles. The minimum atomic E-state index is -0.550. The van der Waals surface area contributed by atoms with Gasteiger partial charge in [-0.25, -0.2) is 4.68 Å². The zero-order chi connectivity index (χ0) is 15.0. The van der Waals surface area contributed by atoms with E-state index in [1.165, 1.54) is 19.1 Å². The molecule has 3 aromatic rings. The first-order chi connectivity index (χ1) is 10.1. The molecule has 104 valence electrons. The number of nitrogens with zero attached hydrogens (tertiary/aromatic N) is 3. The molecule has 0 fully saturated rings. The van der Waals surface area contributed by atoms with Crippen LogP contribution in [0.25, 0.3) is 16.6 Å². The Morgan fingerprint density at radius 1 is 1.24 bits per heavy atom. The van der Waals surface area contributed by atoms with E-state index in [9.17, 15) is 14.9 Å². The molecule has 0 radical (unpaired) electrons. The third-order valence-electron chi connectivity index (χ3n) is 3.28. The Bertz CT molecular complexity index is 867.